The normalized spacial score (nSPS) is 19.2. The standard InChI is InChI=1S/C31H37N3O4.C26H27ClN2O3.C25H26ClN3O3/c1-21-4-3-5-28(29(35)14-21)34-20-26-16-24(8-9-27(26)31(34)37)18-32-30(36)17-23-7-6-22(2)25(15-23)19-33-10-12-38-13-11-33;1-16-4-3-5-23(24(30)10-16)29-15-20-11-19(8-9-21(20)26(29)32)14-28-25(31)13-18-7-6-17(2)22(27)12-18;1-15-4-3-5-22(23(30)10-15)29-14-18-11-17(7-9-20(18)24(29)31)13-27-25(32)28-19-8-6-16(2)21(26)12-19/h6-9,15-16,28H,1,3-5,10-14,17-20H2,2H3,(H,32,36);6-9,11-12,23H,1,3-5,10,13-15H2,2H3,(H,28,31);6-9,11-12,22H,1,3-5,10,13-14H2,2H3,(H2,27,28,32). The van der Waals surface area contributed by atoms with Crippen LogP contribution in [0.3, 0.4) is 0 Å². The molecule has 0 radical (unpaired) electrons. The molecule has 0 aromatic heterocycles. The monoisotopic (exact) mass is 1420 g/mol. The van der Waals surface area contributed by atoms with Gasteiger partial charge in [0, 0.05) is 111 Å². The van der Waals surface area contributed by atoms with Gasteiger partial charge in [0.25, 0.3) is 17.7 Å². The maximum absolute atomic E-state index is 13.1. The molecule has 6 aromatic carbocycles. The van der Waals surface area contributed by atoms with Crippen molar-refractivity contribution in [3.63, 3.8) is 0 Å². The van der Waals surface area contributed by atoms with Gasteiger partial charge in [0.2, 0.25) is 11.8 Å². The molecule has 4 aliphatic heterocycles. The number of halogens is 2. The summed E-state index contributed by atoms with van der Waals surface area (Å²) in [5.74, 6) is -0.141. The molecular formula is C82H90Cl2N8O10. The van der Waals surface area contributed by atoms with Gasteiger partial charge in [0.15, 0.2) is 17.3 Å². The van der Waals surface area contributed by atoms with E-state index in [0.29, 0.717) is 117 Å². The number of benzene rings is 6. The topological polar surface area (TPSA) is 224 Å². The lowest BCUT2D eigenvalue weighted by Gasteiger charge is -2.27. The summed E-state index contributed by atoms with van der Waals surface area (Å²) in [7, 11) is 0. The van der Waals surface area contributed by atoms with Gasteiger partial charge in [0.1, 0.15) is 0 Å². The van der Waals surface area contributed by atoms with E-state index >= 15 is 0 Å². The number of amides is 7. The van der Waals surface area contributed by atoms with Crippen LogP contribution in [-0.4, -0.2) is 117 Å². The lowest BCUT2D eigenvalue weighted by Crippen LogP contribution is -2.40. The first kappa shape index (κ1) is 73.9. The summed E-state index contributed by atoms with van der Waals surface area (Å²) in [5, 5.41) is 12.8. The highest BCUT2D eigenvalue weighted by Gasteiger charge is 2.40. The fraction of sp³-hybridized carbons (Fsp3) is 0.378. The van der Waals surface area contributed by atoms with Crippen molar-refractivity contribution in [1.29, 1.82) is 0 Å². The summed E-state index contributed by atoms with van der Waals surface area (Å²) in [6.45, 7) is 24.5. The fourth-order valence-corrected chi connectivity index (χ4v) is 14.8. The van der Waals surface area contributed by atoms with Gasteiger partial charge >= 0.3 is 6.03 Å². The van der Waals surface area contributed by atoms with Crippen molar-refractivity contribution in [3.8, 4) is 0 Å². The molecule has 3 aliphatic carbocycles. The van der Waals surface area contributed by atoms with Gasteiger partial charge in [-0.15, -0.1) is 0 Å². The molecular weight excluding hydrogens is 1330 g/mol. The average molecular weight is 1420 g/mol. The quantitative estimate of drug-likeness (QED) is 0.0527. The molecule has 18 nitrogen and oxygen atoms in total. The van der Waals surface area contributed by atoms with E-state index < -0.39 is 0 Å². The zero-order valence-electron chi connectivity index (χ0n) is 58.6. The number of ketones is 3. The third-order valence-corrected chi connectivity index (χ3v) is 21.1. The third kappa shape index (κ3) is 18.7. The maximum Gasteiger partial charge on any atom is 0.319 e. The van der Waals surface area contributed by atoms with Crippen molar-refractivity contribution in [1.82, 2.24) is 35.6 Å². The van der Waals surface area contributed by atoms with Gasteiger partial charge in [-0.1, -0.05) is 132 Å². The molecule has 7 amide bonds. The minimum absolute atomic E-state index is 0.0336. The van der Waals surface area contributed by atoms with E-state index in [1.165, 1.54) is 11.1 Å². The Morgan fingerprint density at radius 2 is 0.853 bits per heavy atom. The van der Waals surface area contributed by atoms with Gasteiger partial charge in [-0.25, -0.2) is 4.79 Å². The Kier molecular flexibility index (Phi) is 24.4. The molecule has 4 heterocycles. The van der Waals surface area contributed by atoms with Crippen molar-refractivity contribution in [2.75, 3.05) is 31.6 Å². The molecule has 4 N–H and O–H groups in total. The third-order valence-electron chi connectivity index (χ3n) is 20.3. The Morgan fingerprint density at radius 1 is 0.471 bits per heavy atom. The second kappa shape index (κ2) is 33.6. The molecule has 3 saturated carbocycles. The molecule has 4 fully saturated rings. The van der Waals surface area contributed by atoms with Crippen LogP contribution < -0.4 is 21.3 Å². The Labute approximate surface area is 607 Å². The van der Waals surface area contributed by atoms with Crippen LogP contribution in [0.1, 0.15) is 175 Å². The van der Waals surface area contributed by atoms with Gasteiger partial charge in [-0.3, -0.25) is 43.3 Å². The molecule has 532 valence electrons. The first-order valence-corrected chi connectivity index (χ1v) is 36.1. The lowest BCUT2D eigenvalue weighted by atomic mass is 10.0. The van der Waals surface area contributed by atoms with Crippen LogP contribution in [0.4, 0.5) is 10.5 Å². The number of nitrogens with zero attached hydrogens (tertiary/aromatic N) is 4. The Bertz CT molecular complexity index is 4150. The van der Waals surface area contributed by atoms with E-state index in [1.54, 1.807) is 39.0 Å². The number of anilines is 1. The molecule has 3 atom stereocenters. The number of hydrogen-bond donors (Lipinski definition) is 4. The minimum atomic E-state index is -0.386. The Morgan fingerprint density at radius 3 is 1.27 bits per heavy atom. The number of fused-ring (bicyclic) bond motifs is 3. The van der Waals surface area contributed by atoms with E-state index in [2.05, 4.69) is 65.0 Å². The zero-order chi connectivity index (χ0) is 72.3. The SMILES string of the molecule is C=C1CCCC(N2Cc3cc(CNC(=O)Cc4ccc(C)c(CN5CCOCC5)c4)ccc3C2=O)C(=O)C1.C=C1CCCC(N2Cc3cc(CNC(=O)Cc4ccc(C)c(Cl)c4)ccc3C2=O)C(=O)C1.C=C1CCCC(N2Cc3cc(CNC(=O)Nc4ccc(C)c(Cl)c4)ccc3C2=O)C(=O)C1. The number of hydrogen-bond acceptors (Lipinski definition) is 11. The second-order valence-electron chi connectivity index (χ2n) is 28.1. The van der Waals surface area contributed by atoms with Crippen molar-refractivity contribution in [2.24, 2.45) is 0 Å². The Balaban J connectivity index is 0.000000155. The van der Waals surface area contributed by atoms with E-state index in [0.717, 1.165) is 144 Å². The van der Waals surface area contributed by atoms with E-state index in [-0.39, 0.29) is 77.5 Å². The van der Waals surface area contributed by atoms with Gasteiger partial charge in [0.05, 0.1) is 44.2 Å². The number of morpholine rings is 1. The van der Waals surface area contributed by atoms with Crippen LogP contribution >= 0.6 is 23.2 Å². The molecule has 0 bridgehead atoms. The van der Waals surface area contributed by atoms with Gasteiger partial charge in [-0.2, -0.15) is 0 Å². The summed E-state index contributed by atoms with van der Waals surface area (Å²) in [4.78, 5) is 122. The molecule has 102 heavy (non-hydrogen) atoms. The van der Waals surface area contributed by atoms with E-state index in [4.69, 9.17) is 27.9 Å². The summed E-state index contributed by atoms with van der Waals surface area (Å²) in [5.41, 5.74) is 17.1. The molecule has 20 heteroatoms. The number of carbonyl (C=O) groups excluding carboxylic acids is 9. The van der Waals surface area contributed by atoms with Crippen LogP contribution in [0.2, 0.25) is 10.0 Å². The number of urea groups is 1. The van der Waals surface area contributed by atoms with Gasteiger partial charge < -0.3 is 40.7 Å². The highest BCUT2D eigenvalue weighted by atomic mass is 35.5. The summed E-state index contributed by atoms with van der Waals surface area (Å²) < 4.78 is 5.45. The first-order chi connectivity index (χ1) is 49.0. The van der Waals surface area contributed by atoms with E-state index in [1.807, 2.05) is 86.6 Å². The number of allylic oxidation sites excluding steroid dienone is 3. The Hall–Kier alpha value is -9.33. The van der Waals surface area contributed by atoms with Gasteiger partial charge in [-0.05, 0) is 182 Å². The highest BCUT2D eigenvalue weighted by molar-refractivity contribution is 6.32. The molecule has 13 rings (SSSR count). The molecule has 7 aliphatic rings. The minimum Gasteiger partial charge on any atom is -0.379 e. The number of aryl methyl sites for hydroxylation is 3. The summed E-state index contributed by atoms with van der Waals surface area (Å²) in [6.07, 6.45) is 8.83. The first-order valence-electron chi connectivity index (χ1n) is 35.3. The molecule has 0 spiro atoms. The van der Waals surface area contributed by atoms with Crippen molar-refractivity contribution in [2.45, 2.75) is 175 Å². The lowest BCUT2D eigenvalue weighted by molar-refractivity contribution is -0.123. The van der Waals surface area contributed by atoms with Crippen LogP contribution in [0, 0.1) is 20.8 Å². The largest absolute Gasteiger partial charge is 0.379 e. The summed E-state index contributed by atoms with van der Waals surface area (Å²) in [6, 6.07) is 32.6. The number of Topliss-reactive ketones (excluding diaryl/α,β-unsaturated/α-hetero) is 3. The molecule has 6 aromatic rings. The number of ether oxygens (including phenoxy) is 1. The molecule has 1 saturated heterocycles. The highest BCUT2D eigenvalue weighted by Crippen LogP contribution is 2.35. The van der Waals surface area contributed by atoms with Crippen molar-refractivity contribution >= 4 is 81.8 Å². The van der Waals surface area contributed by atoms with Crippen LogP contribution in [-0.2, 0) is 87.4 Å². The zero-order valence-corrected chi connectivity index (χ0v) is 60.1. The average Bonchev–Trinajstić information content (AvgIpc) is 1.65. The smallest absolute Gasteiger partial charge is 0.319 e. The molecule has 3 unspecified atom stereocenters. The maximum atomic E-state index is 13.1. The second-order valence-corrected chi connectivity index (χ2v) is 28.9. The predicted octanol–water partition coefficient (Wildman–Crippen LogP) is 13.2. The van der Waals surface area contributed by atoms with Crippen molar-refractivity contribution in [3.05, 3.63) is 239 Å². The van der Waals surface area contributed by atoms with Crippen LogP contribution in [0.25, 0.3) is 0 Å². The van der Waals surface area contributed by atoms with Crippen molar-refractivity contribution < 1.29 is 47.9 Å². The number of rotatable bonds is 16. The fourth-order valence-electron chi connectivity index (χ4n) is 14.4. The number of nitrogens with one attached hydrogen (secondary N) is 4. The predicted molar refractivity (Wildman–Crippen MR) is 395 cm³/mol. The van der Waals surface area contributed by atoms with Crippen LogP contribution in [0.15, 0.2) is 146 Å². The summed E-state index contributed by atoms with van der Waals surface area (Å²) >= 11 is 12.2. The number of carbonyl (C=O) groups is 9. The van der Waals surface area contributed by atoms with E-state index in [9.17, 15) is 43.2 Å². The van der Waals surface area contributed by atoms with Crippen LogP contribution in [0.5, 0.6) is 0 Å².